The Bertz CT molecular complexity index is 2800. The monoisotopic (exact) mass is 1040 g/mol. The second-order valence-corrected chi connectivity index (χ2v) is 22.0. The van der Waals surface area contributed by atoms with Gasteiger partial charge >= 0.3 is 17.4 Å². The van der Waals surface area contributed by atoms with Crippen LogP contribution in [0.3, 0.4) is 0 Å². The molecule has 0 saturated carbocycles. The number of piperidine rings is 1. The molecule has 374 valence electrons. The summed E-state index contributed by atoms with van der Waals surface area (Å²) in [5, 5.41) is 12.4. The third-order valence-electron chi connectivity index (χ3n) is 11.8. The molecule has 0 spiro atoms. The summed E-state index contributed by atoms with van der Waals surface area (Å²) in [4.78, 5) is 38.6. The molecule has 1 aliphatic rings. The molecule has 1 atom stereocenters. The first-order valence-electron chi connectivity index (χ1n) is 22.5. The Balaban J connectivity index is 1.10. The number of carbonyl (C=O) groups is 3. The maximum absolute atomic E-state index is 14.2. The number of carboxylic acid groups (broad SMARTS) is 1. The maximum Gasteiger partial charge on any atom is 0.501 e. The minimum atomic E-state index is -6.14. The van der Waals surface area contributed by atoms with Gasteiger partial charge in [-0.2, -0.15) is 13.2 Å². The highest BCUT2D eigenvalue weighted by atomic mass is 35.5. The number of carboxylic acids is 1. The van der Waals surface area contributed by atoms with E-state index in [1.165, 1.54) is 35.0 Å². The summed E-state index contributed by atoms with van der Waals surface area (Å²) in [5.74, 6) is -1.97. The van der Waals surface area contributed by atoms with Crippen LogP contribution in [0, 0.1) is 5.92 Å². The summed E-state index contributed by atoms with van der Waals surface area (Å²) < 4.78 is 103. The van der Waals surface area contributed by atoms with Crippen molar-refractivity contribution >= 4 is 72.4 Å². The molecule has 1 fully saturated rings. The Morgan fingerprint density at radius 2 is 1.54 bits per heavy atom. The van der Waals surface area contributed by atoms with Crippen molar-refractivity contribution in [3.8, 4) is 11.1 Å². The Hall–Kier alpha value is -5.60. The van der Waals surface area contributed by atoms with Crippen LogP contribution < -0.4 is 14.9 Å². The first kappa shape index (κ1) is 53.7. The fraction of sp³-hybridized carbons (Fsp3) is 0.340. The molecule has 5 aromatic rings. The number of halogens is 4. The molecule has 5 aromatic carbocycles. The SMILES string of the molecule is CN(CCOC(=O)CCCC(=O)O)CC[C@H](CSc1ccccc1)Nc1ccc(S(=O)(=O)NC(=O)c2ccc(N3CCC(Cc4ccccc4-c4ccc(Cl)cc4)CC3)cc2)cc1S(=O)(=O)C(F)(F)F. The molecule has 0 radical (unpaired) electrons. The van der Waals surface area contributed by atoms with Crippen LogP contribution in [0.25, 0.3) is 11.1 Å². The summed E-state index contributed by atoms with van der Waals surface area (Å²) in [7, 11) is -9.33. The number of anilines is 2. The molecule has 0 aromatic heterocycles. The van der Waals surface area contributed by atoms with Gasteiger partial charge in [-0.1, -0.05) is 66.2 Å². The van der Waals surface area contributed by atoms with Crippen molar-refractivity contribution in [2.75, 3.05) is 55.8 Å². The largest absolute Gasteiger partial charge is 0.501 e. The van der Waals surface area contributed by atoms with Crippen LogP contribution >= 0.6 is 23.4 Å². The highest BCUT2D eigenvalue weighted by Gasteiger charge is 2.48. The maximum atomic E-state index is 14.2. The lowest BCUT2D eigenvalue weighted by molar-refractivity contribution is -0.144. The van der Waals surface area contributed by atoms with Crippen LogP contribution in [0.15, 0.2) is 136 Å². The molecule has 1 saturated heterocycles. The van der Waals surface area contributed by atoms with E-state index < -0.39 is 64.7 Å². The number of sulfonamides is 1. The fourth-order valence-corrected chi connectivity index (χ4v) is 11.0. The molecule has 70 heavy (non-hydrogen) atoms. The van der Waals surface area contributed by atoms with Gasteiger partial charge in [-0.15, -0.1) is 11.8 Å². The van der Waals surface area contributed by atoms with E-state index in [0.717, 1.165) is 60.6 Å². The third kappa shape index (κ3) is 15.2. The van der Waals surface area contributed by atoms with Crippen molar-refractivity contribution < 1.29 is 54.2 Å². The lowest BCUT2D eigenvalue weighted by Crippen LogP contribution is -2.34. The zero-order chi connectivity index (χ0) is 50.5. The molecule has 1 heterocycles. The van der Waals surface area contributed by atoms with E-state index in [1.807, 2.05) is 59.3 Å². The Morgan fingerprint density at radius 1 is 0.871 bits per heavy atom. The number of rotatable bonds is 23. The average molecular weight is 1040 g/mol. The normalized spacial score (nSPS) is 14.0. The topological polar surface area (TPSA) is 179 Å². The van der Waals surface area contributed by atoms with Crippen molar-refractivity contribution in [1.29, 1.82) is 0 Å². The first-order valence-corrected chi connectivity index (χ1v) is 26.8. The van der Waals surface area contributed by atoms with Gasteiger partial charge in [0.15, 0.2) is 0 Å². The van der Waals surface area contributed by atoms with E-state index in [0.29, 0.717) is 23.6 Å². The Kier molecular flexibility index (Phi) is 18.8. The number of esters is 1. The number of amides is 1. The number of likely N-dealkylation sites (N-methyl/N-ethyl adjacent to an activating group) is 1. The summed E-state index contributed by atoms with van der Waals surface area (Å²) in [5.41, 5.74) is -2.01. The van der Waals surface area contributed by atoms with E-state index in [2.05, 4.69) is 22.3 Å². The van der Waals surface area contributed by atoms with Crippen LogP contribution in [-0.4, -0.2) is 102 Å². The van der Waals surface area contributed by atoms with Gasteiger partial charge in [0, 0.05) is 65.4 Å². The quantitative estimate of drug-likeness (QED) is 0.0416. The average Bonchev–Trinajstić information content (AvgIpc) is 3.33. The van der Waals surface area contributed by atoms with Gasteiger partial charge in [0.2, 0.25) is 0 Å². The summed E-state index contributed by atoms with van der Waals surface area (Å²) in [6.45, 7) is 2.08. The standard InChI is InChI=1S/C50H54ClF3N4O9S3/c1-57(30-31-67-48(61)13-7-12-47(59)60)27-26-40(34-68-42-9-3-2-4-10-42)55-45-23-22-43(33-46(45)69(63,64)50(52,53)54)70(65,66)56-49(62)37-16-20-41(21-17-37)58-28-24-35(25-29-58)32-38-8-5-6-11-44(38)36-14-18-39(51)19-15-36/h2-6,8-11,14-23,33,35,40,55H,7,12-13,24-32,34H2,1H3,(H,56,62)(H,59,60)/t40-/m1/s1. The van der Waals surface area contributed by atoms with Gasteiger partial charge in [0.25, 0.3) is 25.8 Å². The predicted octanol–water partition coefficient (Wildman–Crippen LogP) is 9.57. The van der Waals surface area contributed by atoms with Crippen LogP contribution in [0.1, 0.15) is 54.4 Å². The molecular formula is C50H54ClF3N4O9S3. The van der Waals surface area contributed by atoms with Crippen LogP contribution in [0.5, 0.6) is 0 Å². The number of thioether (sulfide) groups is 1. The van der Waals surface area contributed by atoms with Crippen molar-refractivity contribution in [2.45, 2.75) is 71.2 Å². The molecule has 1 amide bonds. The molecule has 0 bridgehead atoms. The summed E-state index contributed by atoms with van der Waals surface area (Å²) in [6.07, 6.45) is 2.88. The third-order valence-corrected chi connectivity index (χ3v) is 16.1. The van der Waals surface area contributed by atoms with E-state index in [9.17, 15) is 44.4 Å². The number of hydrogen-bond donors (Lipinski definition) is 3. The fourth-order valence-electron chi connectivity index (χ4n) is 7.91. The van der Waals surface area contributed by atoms with E-state index in [-0.39, 0.29) is 50.2 Å². The molecule has 1 aliphatic heterocycles. The first-order chi connectivity index (χ1) is 33.3. The molecule has 6 rings (SSSR count). The van der Waals surface area contributed by atoms with Gasteiger partial charge in [-0.25, -0.2) is 21.6 Å². The molecule has 0 unspecified atom stereocenters. The number of sulfone groups is 1. The number of alkyl halides is 3. The number of benzene rings is 5. The van der Waals surface area contributed by atoms with Crippen molar-refractivity contribution in [1.82, 2.24) is 9.62 Å². The zero-order valence-corrected chi connectivity index (χ0v) is 41.4. The van der Waals surface area contributed by atoms with Gasteiger partial charge in [-0.3, -0.25) is 14.4 Å². The molecule has 13 nitrogen and oxygen atoms in total. The minimum absolute atomic E-state index is 0.00557. The second kappa shape index (κ2) is 24.5. The highest BCUT2D eigenvalue weighted by Crippen LogP contribution is 2.37. The zero-order valence-electron chi connectivity index (χ0n) is 38.2. The lowest BCUT2D eigenvalue weighted by atomic mass is 9.87. The smallest absolute Gasteiger partial charge is 0.481 e. The molecule has 0 aliphatic carbocycles. The number of nitrogens with one attached hydrogen (secondary N) is 2. The van der Waals surface area contributed by atoms with Crippen LogP contribution in [-0.2, 0) is 40.6 Å². The van der Waals surface area contributed by atoms with E-state index in [4.69, 9.17) is 21.4 Å². The second-order valence-electron chi connectivity index (χ2n) is 16.9. The number of carbonyl (C=O) groups excluding carboxylic acids is 2. The lowest BCUT2D eigenvalue weighted by Gasteiger charge is -2.34. The highest BCUT2D eigenvalue weighted by molar-refractivity contribution is 7.99. The van der Waals surface area contributed by atoms with Gasteiger partial charge < -0.3 is 25.0 Å². The number of hydrogen-bond acceptors (Lipinski definition) is 12. The van der Waals surface area contributed by atoms with Crippen molar-refractivity contribution in [2.24, 2.45) is 5.92 Å². The minimum Gasteiger partial charge on any atom is -0.481 e. The Morgan fingerprint density at radius 3 is 2.21 bits per heavy atom. The summed E-state index contributed by atoms with van der Waals surface area (Å²) >= 11 is 7.48. The van der Waals surface area contributed by atoms with Gasteiger partial charge in [-0.05, 0) is 135 Å². The molecular weight excluding hydrogens is 989 g/mol. The van der Waals surface area contributed by atoms with Crippen molar-refractivity contribution in [3.05, 3.63) is 137 Å². The summed E-state index contributed by atoms with van der Waals surface area (Å²) in [6, 6.07) is 33.0. The molecule has 3 N–H and O–H groups in total. The van der Waals surface area contributed by atoms with E-state index >= 15 is 0 Å². The Labute approximate surface area is 415 Å². The van der Waals surface area contributed by atoms with Crippen molar-refractivity contribution in [3.63, 3.8) is 0 Å². The number of aliphatic carboxylic acids is 1. The predicted molar refractivity (Wildman–Crippen MR) is 265 cm³/mol. The number of ether oxygens (including phenoxy) is 1. The van der Waals surface area contributed by atoms with E-state index in [1.54, 1.807) is 36.2 Å². The van der Waals surface area contributed by atoms with Crippen LogP contribution in [0.4, 0.5) is 24.5 Å². The van der Waals surface area contributed by atoms with Crippen LogP contribution in [0.2, 0.25) is 5.02 Å². The van der Waals surface area contributed by atoms with Gasteiger partial charge in [0.05, 0.1) is 10.6 Å². The van der Waals surface area contributed by atoms with Gasteiger partial charge in [0.1, 0.15) is 11.5 Å². The number of nitrogens with zero attached hydrogens (tertiary/aromatic N) is 2. The molecule has 20 heteroatoms.